The molecule has 0 radical (unpaired) electrons. The van der Waals surface area contributed by atoms with Crippen LogP contribution in [-0.2, 0) is 4.79 Å². The SMILES string of the molecule is CCC1(C)CC2(NC(=O)N(C)C2=O)C(C)C(C)(CC)N1C. The van der Waals surface area contributed by atoms with Crippen molar-refractivity contribution in [2.75, 3.05) is 14.1 Å². The van der Waals surface area contributed by atoms with Crippen molar-refractivity contribution in [3.8, 4) is 0 Å². The maximum absolute atomic E-state index is 12.8. The molecule has 3 amide bonds. The summed E-state index contributed by atoms with van der Waals surface area (Å²) in [5, 5.41) is 3.03. The lowest BCUT2D eigenvalue weighted by molar-refractivity contribution is -0.150. The van der Waals surface area contributed by atoms with Gasteiger partial charge in [0.15, 0.2) is 0 Å². The van der Waals surface area contributed by atoms with Crippen LogP contribution < -0.4 is 5.32 Å². The lowest BCUT2D eigenvalue weighted by atomic mass is 9.60. The molecule has 1 spiro atoms. The first-order valence-corrected chi connectivity index (χ1v) is 7.93. The lowest BCUT2D eigenvalue weighted by Gasteiger charge is -2.62. The van der Waals surface area contributed by atoms with Gasteiger partial charge in [0.05, 0.1) is 0 Å². The van der Waals surface area contributed by atoms with Crippen LogP contribution in [-0.4, -0.2) is 52.5 Å². The van der Waals surface area contributed by atoms with E-state index in [9.17, 15) is 9.59 Å². The normalized spacial score (nSPS) is 44.5. The number of likely N-dealkylation sites (tertiary alicyclic amines) is 1. The molecule has 0 aromatic carbocycles. The Morgan fingerprint density at radius 1 is 1.19 bits per heavy atom. The molecule has 2 aliphatic heterocycles. The fourth-order valence-electron chi connectivity index (χ4n) is 4.35. The van der Waals surface area contributed by atoms with Crippen LogP contribution in [0.4, 0.5) is 4.79 Å². The van der Waals surface area contributed by atoms with Crippen LogP contribution >= 0.6 is 0 Å². The summed E-state index contributed by atoms with van der Waals surface area (Å²) in [6.07, 6.45) is 2.55. The fourth-order valence-corrected chi connectivity index (χ4v) is 4.35. The van der Waals surface area contributed by atoms with Crippen LogP contribution in [0.25, 0.3) is 0 Å². The minimum atomic E-state index is -0.770. The van der Waals surface area contributed by atoms with E-state index in [1.165, 1.54) is 4.90 Å². The third kappa shape index (κ3) is 1.86. The third-order valence-electron chi connectivity index (χ3n) is 6.71. The Balaban J connectivity index is 2.58. The van der Waals surface area contributed by atoms with Crippen LogP contribution in [0.1, 0.15) is 53.9 Å². The minimum absolute atomic E-state index is 0.0565. The number of carbonyl (C=O) groups excluding carboxylic acids is 2. The second-order valence-corrected chi connectivity index (χ2v) is 7.28. The molecule has 0 aromatic rings. The molecule has 2 rings (SSSR count). The number of hydrogen-bond acceptors (Lipinski definition) is 3. The Labute approximate surface area is 128 Å². The van der Waals surface area contributed by atoms with Crippen LogP contribution in [0, 0.1) is 5.92 Å². The standard InChI is InChI=1S/C16H29N3O2/c1-8-14(4)10-16(12(20)18(6)13(21)17-16)11(3)15(5,9-2)19(14)7/h11H,8-10H2,1-7H3,(H,17,21). The van der Waals surface area contributed by atoms with Gasteiger partial charge in [0, 0.05) is 24.0 Å². The summed E-state index contributed by atoms with van der Waals surface area (Å²) in [5.41, 5.74) is -1.00. The number of hydrogen-bond donors (Lipinski definition) is 1. The zero-order chi connectivity index (χ0) is 16.2. The first kappa shape index (κ1) is 16.3. The molecule has 5 nitrogen and oxygen atoms in total. The third-order valence-corrected chi connectivity index (χ3v) is 6.71. The van der Waals surface area contributed by atoms with Gasteiger partial charge in [-0.05, 0) is 40.2 Å². The second-order valence-electron chi connectivity index (χ2n) is 7.28. The number of nitrogens with zero attached hydrogens (tertiary/aromatic N) is 2. The fraction of sp³-hybridized carbons (Fsp3) is 0.875. The molecule has 0 aromatic heterocycles. The first-order chi connectivity index (χ1) is 9.59. The van der Waals surface area contributed by atoms with Crippen molar-refractivity contribution in [2.24, 2.45) is 5.92 Å². The summed E-state index contributed by atoms with van der Waals surface area (Å²) in [5.74, 6) is -0.0199. The van der Waals surface area contributed by atoms with Gasteiger partial charge in [-0.1, -0.05) is 20.8 Å². The molecule has 1 N–H and O–H groups in total. The minimum Gasteiger partial charge on any atom is -0.323 e. The van der Waals surface area contributed by atoms with E-state index in [2.05, 4.69) is 51.9 Å². The van der Waals surface area contributed by atoms with Gasteiger partial charge in [0.25, 0.3) is 5.91 Å². The Morgan fingerprint density at radius 2 is 1.76 bits per heavy atom. The first-order valence-electron chi connectivity index (χ1n) is 7.93. The Hall–Kier alpha value is -1.10. The summed E-state index contributed by atoms with van der Waals surface area (Å²) in [6, 6.07) is -0.270. The number of rotatable bonds is 2. The van der Waals surface area contributed by atoms with E-state index in [4.69, 9.17) is 0 Å². The van der Waals surface area contributed by atoms with Crippen molar-refractivity contribution in [3.05, 3.63) is 0 Å². The topological polar surface area (TPSA) is 52.7 Å². The molecule has 0 saturated carbocycles. The van der Waals surface area contributed by atoms with Crippen molar-refractivity contribution in [2.45, 2.75) is 70.5 Å². The Bertz CT molecular complexity index is 480. The predicted molar refractivity (Wildman–Crippen MR) is 83.0 cm³/mol. The number of amides is 3. The summed E-state index contributed by atoms with van der Waals surface area (Å²) < 4.78 is 0. The molecule has 0 aliphatic carbocycles. The van der Waals surface area contributed by atoms with Gasteiger partial charge >= 0.3 is 6.03 Å². The molecule has 2 heterocycles. The van der Waals surface area contributed by atoms with Crippen molar-refractivity contribution in [3.63, 3.8) is 0 Å². The predicted octanol–water partition coefficient (Wildman–Crippen LogP) is 2.22. The van der Waals surface area contributed by atoms with Gasteiger partial charge in [-0.25, -0.2) is 4.79 Å². The average molecular weight is 295 g/mol. The highest BCUT2D eigenvalue weighted by Crippen LogP contribution is 2.50. The zero-order valence-electron chi connectivity index (χ0n) is 14.4. The van der Waals surface area contributed by atoms with E-state index in [-0.39, 0.29) is 28.9 Å². The van der Waals surface area contributed by atoms with E-state index in [0.29, 0.717) is 6.42 Å². The van der Waals surface area contributed by atoms with Crippen molar-refractivity contribution in [1.29, 1.82) is 0 Å². The molecule has 21 heavy (non-hydrogen) atoms. The van der Waals surface area contributed by atoms with Crippen molar-refractivity contribution >= 4 is 11.9 Å². The van der Waals surface area contributed by atoms with Crippen LogP contribution in [0.3, 0.4) is 0 Å². The Morgan fingerprint density at radius 3 is 2.14 bits per heavy atom. The van der Waals surface area contributed by atoms with Gasteiger partial charge in [-0.2, -0.15) is 0 Å². The summed E-state index contributed by atoms with van der Waals surface area (Å²) in [7, 11) is 3.73. The van der Waals surface area contributed by atoms with Crippen molar-refractivity contribution < 1.29 is 9.59 Å². The quantitative estimate of drug-likeness (QED) is 0.795. The maximum Gasteiger partial charge on any atom is 0.324 e. The van der Waals surface area contributed by atoms with Crippen LogP contribution in [0.2, 0.25) is 0 Å². The molecule has 2 fully saturated rings. The molecule has 4 atom stereocenters. The highest BCUT2D eigenvalue weighted by atomic mass is 16.2. The molecular weight excluding hydrogens is 266 g/mol. The number of carbonyl (C=O) groups is 2. The summed E-state index contributed by atoms with van der Waals surface area (Å²) in [6.45, 7) is 10.8. The van der Waals surface area contributed by atoms with Crippen LogP contribution in [0.15, 0.2) is 0 Å². The van der Waals surface area contributed by atoms with E-state index >= 15 is 0 Å². The average Bonchev–Trinajstić information content (AvgIpc) is 2.68. The Kier molecular flexibility index (Phi) is 3.64. The molecule has 4 unspecified atom stereocenters. The van der Waals surface area contributed by atoms with Gasteiger partial charge in [0.1, 0.15) is 5.54 Å². The van der Waals surface area contributed by atoms with Gasteiger partial charge in [-0.15, -0.1) is 0 Å². The number of nitrogens with one attached hydrogen (secondary N) is 1. The van der Waals surface area contributed by atoms with Crippen LogP contribution in [0.5, 0.6) is 0 Å². The summed E-state index contributed by atoms with van der Waals surface area (Å²) >= 11 is 0. The van der Waals surface area contributed by atoms with E-state index in [1.807, 2.05) is 0 Å². The van der Waals surface area contributed by atoms with E-state index in [0.717, 1.165) is 12.8 Å². The van der Waals surface area contributed by atoms with E-state index < -0.39 is 5.54 Å². The monoisotopic (exact) mass is 295 g/mol. The molecular formula is C16H29N3O2. The maximum atomic E-state index is 12.8. The number of imide groups is 1. The number of urea groups is 1. The van der Waals surface area contributed by atoms with Gasteiger partial charge in [-0.3, -0.25) is 14.6 Å². The smallest absolute Gasteiger partial charge is 0.323 e. The zero-order valence-corrected chi connectivity index (χ0v) is 14.4. The highest BCUT2D eigenvalue weighted by Gasteiger charge is 2.65. The number of likely N-dealkylation sites (N-methyl/N-ethyl adjacent to an activating group) is 1. The second kappa shape index (κ2) is 4.70. The molecule has 2 aliphatic rings. The van der Waals surface area contributed by atoms with Crippen molar-refractivity contribution in [1.82, 2.24) is 15.1 Å². The number of piperidine rings is 1. The molecule has 120 valence electrons. The largest absolute Gasteiger partial charge is 0.324 e. The molecule has 0 bridgehead atoms. The van der Waals surface area contributed by atoms with Gasteiger partial charge < -0.3 is 5.32 Å². The molecule has 5 heteroatoms. The molecule has 2 saturated heterocycles. The lowest BCUT2D eigenvalue weighted by Crippen LogP contribution is -2.74. The van der Waals surface area contributed by atoms with E-state index in [1.54, 1.807) is 7.05 Å². The highest BCUT2D eigenvalue weighted by molar-refractivity contribution is 6.07. The summed E-state index contributed by atoms with van der Waals surface area (Å²) in [4.78, 5) is 28.6. The van der Waals surface area contributed by atoms with Gasteiger partial charge in [0.2, 0.25) is 0 Å².